The highest BCUT2D eigenvalue weighted by atomic mass is 16.5. The molecule has 1 heterocycles. The van der Waals surface area contributed by atoms with Crippen LogP contribution in [-0.2, 0) is 0 Å². The van der Waals surface area contributed by atoms with E-state index >= 15 is 0 Å². The van der Waals surface area contributed by atoms with Gasteiger partial charge < -0.3 is 9.84 Å². The first kappa shape index (κ1) is 16.1. The molecule has 2 aromatic rings. The third-order valence-corrected chi connectivity index (χ3v) is 3.77. The lowest BCUT2D eigenvalue weighted by molar-refractivity contribution is 0.424. The average Bonchev–Trinajstić information content (AvgIpc) is 2.65. The van der Waals surface area contributed by atoms with Gasteiger partial charge in [0, 0.05) is 11.5 Å². The molecule has 0 fully saturated rings. The number of benzene rings is 2. The second-order valence-electron chi connectivity index (χ2n) is 5.46. The lowest BCUT2D eigenvalue weighted by Gasteiger charge is -2.21. The number of aromatic hydroxyl groups is 1. The van der Waals surface area contributed by atoms with Gasteiger partial charge in [0.2, 0.25) is 0 Å². The van der Waals surface area contributed by atoms with E-state index < -0.39 is 0 Å². The van der Waals surface area contributed by atoms with E-state index in [1.54, 1.807) is 30.3 Å². The Bertz CT molecular complexity index is 939. The number of phenols is 1. The maximum Gasteiger partial charge on any atom is 0.131 e. The summed E-state index contributed by atoms with van der Waals surface area (Å²) >= 11 is 0. The van der Waals surface area contributed by atoms with Crippen LogP contribution in [0, 0.1) is 22.7 Å². The Morgan fingerprint density at radius 3 is 2.44 bits per heavy atom. The van der Waals surface area contributed by atoms with Crippen molar-refractivity contribution in [3.63, 3.8) is 0 Å². The summed E-state index contributed by atoms with van der Waals surface area (Å²) in [6.07, 6.45) is 7.20. The van der Waals surface area contributed by atoms with Crippen LogP contribution in [0.4, 0.5) is 0 Å². The third kappa shape index (κ3) is 3.77. The van der Waals surface area contributed by atoms with Crippen molar-refractivity contribution in [3.05, 3.63) is 89.2 Å². The van der Waals surface area contributed by atoms with Gasteiger partial charge in [0.25, 0.3) is 0 Å². The quantitative estimate of drug-likeness (QED) is 0.846. The van der Waals surface area contributed by atoms with E-state index in [1.807, 2.05) is 54.6 Å². The predicted octanol–water partition coefficient (Wildman–Crippen LogP) is 4.44. The summed E-state index contributed by atoms with van der Waals surface area (Å²) in [5, 5.41) is 27.4. The van der Waals surface area contributed by atoms with E-state index in [9.17, 15) is 5.11 Å². The molecule has 2 aromatic carbocycles. The van der Waals surface area contributed by atoms with Crippen molar-refractivity contribution in [1.29, 1.82) is 10.5 Å². The molecule has 4 heteroatoms. The van der Waals surface area contributed by atoms with Crippen molar-refractivity contribution in [1.82, 2.24) is 0 Å². The van der Waals surface area contributed by atoms with Crippen LogP contribution in [0.2, 0.25) is 0 Å². The van der Waals surface area contributed by atoms with Crippen molar-refractivity contribution in [2.45, 2.75) is 5.92 Å². The van der Waals surface area contributed by atoms with Crippen molar-refractivity contribution in [3.8, 4) is 23.6 Å². The van der Waals surface area contributed by atoms with Crippen molar-refractivity contribution >= 4 is 6.08 Å². The molecule has 0 amide bonds. The zero-order chi connectivity index (χ0) is 17.6. The van der Waals surface area contributed by atoms with Crippen molar-refractivity contribution < 1.29 is 9.84 Å². The number of fused-ring (bicyclic) bond motifs is 1. The number of hydrogen-bond donors (Lipinski definition) is 1. The van der Waals surface area contributed by atoms with Crippen LogP contribution in [0.15, 0.2) is 78.1 Å². The second-order valence-corrected chi connectivity index (χ2v) is 5.46. The Morgan fingerprint density at radius 2 is 1.72 bits per heavy atom. The monoisotopic (exact) mass is 326 g/mol. The molecular weight excluding hydrogens is 312 g/mol. The molecule has 0 aliphatic carbocycles. The molecule has 0 aromatic heterocycles. The Kier molecular flexibility index (Phi) is 4.65. The first-order valence-corrected chi connectivity index (χ1v) is 7.67. The number of allylic oxidation sites excluding steroid dienone is 4. The van der Waals surface area contributed by atoms with Gasteiger partial charge in [-0.05, 0) is 42.0 Å². The van der Waals surface area contributed by atoms with Gasteiger partial charge in [0.15, 0.2) is 0 Å². The predicted molar refractivity (Wildman–Crippen MR) is 94.3 cm³/mol. The fourth-order valence-corrected chi connectivity index (χ4v) is 2.55. The molecule has 1 unspecified atom stereocenters. The van der Waals surface area contributed by atoms with Crippen LogP contribution >= 0.6 is 0 Å². The summed E-state index contributed by atoms with van der Waals surface area (Å²) in [6.45, 7) is 0. The van der Waals surface area contributed by atoms with E-state index in [2.05, 4.69) is 0 Å². The lowest BCUT2D eigenvalue weighted by Crippen LogP contribution is -2.07. The third-order valence-electron chi connectivity index (χ3n) is 3.77. The highest BCUT2D eigenvalue weighted by molar-refractivity contribution is 5.56. The smallest absolute Gasteiger partial charge is 0.131 e. The van der Waals surface area contributed by atoms with Gasteiger partial charge in [-0.1, -0.05) is 36.4 Å². The molecule has 0 radical (unpaired) electrons. The molecule has 3 rings (SSSR count). The fourth-order valence-electron chi connectivity index (χ4n) is 2.55. The van der Waals surface area contributed by atoms with Crippen molar-refractivity contribution in [2.24, 2.45) is 0 Å². The van der Waals surface area contributed by atoms with Gasteiger partial charge in [-0.3, -0.25) is 0 Å². The first-order valence-electron chi connectivity index (χ1n) is 7.67. The topological polar surface area (TPSA) is 77.0 Å². The molecule has 1 aliphatic rings. The summed E-state index contributed by atoms with van der Waals surface area (Å²) in [4.78, 5) is 0. The van der Waals surface area contributed by atoms with Gasteiger partial charge in [-0.15, -0.1) is 0 Å². The average molecular weight is 326 g/mol. The lowest BCUT2D eigenvalue weighted by atomic mass is 9.93. The minimum Gasteiger partial charge on any atom is -0.508 e. The Morgan fingerprint density at radius 1 is 1.00 bits per heavy atom. The zero-order valence-electron chi connectivity index (χ0n) is 13.3. The molecule has 0 saturated heterocycles. The van der Waals surface area contributed by atoms with Crippen molar-refractivity contribution in [2.75, 3.05) is 0 Å². The van der Waals surface area contributed by atoms with E-state index in [-0.39, 0.29) is 17.2 Å². The number of rotatable bonds is 3. The normalized spacial score (nSPS) is 15.3. The molecule has 1 aliphatic heterocycles. The van der Waals surface area contributed by atoms with Crippen LogP contribution in [0.5, 0.6) is 11.5 Å². The SMILES string of the molecule is N#CC(C#N)=CC1C=C(/C=C/c2ccc(O)cc2)Oc2ccccc21. The number of nitrogens with zero attached hydrogens (tertiary/aromatic N) is 2. The Labute approximate surface area is 145 Å². The highest BCUT2D eigenvalue weighted by Crippen LogP contribution is 2.36. The molecule has 120 valence electrons. The zero-order valence-corrected chi connectivity index (χ0v) is 13.3. The summed E-state index contributed by atoms with van der Waals surface area (Å²) in [5.74, 6) is 1.33. The standard InChI is InChI=1S/C21H14N2O2/c22-13-16(14-23)11-17-12-19(25-21-4-2-1-3-20(17)21)10-7-15-5-8-18(24)9-6-15/h1-12,17,24H/b10-7+. The largest absolute Gasteiger partial charge is 0.508 e. The van der Waals surface area contributed by atoms with Gasteiger partial charge in [-0.25, -0.2) is 0 Å². The molecular formula is C21H14N2O2. The highest BCUT2D eigenvalue weighted by Gasteiger charge is 2.19. The van der Waals surface area contributed by atoms with Gasteiger partial charge in [-0.2, -0.15) is 10.5 Å². The van der Waals surface area contributed by atoms with E-state index in [0.29, 0.717) is 11.5 Å². The molecule has 1 atom stereocenters. The van der Waals surface area contributed by atoms with Crippen LogP contribution in [0.25, 0.3) is 6.08 Å². The molecule has 4 nitrogen and oxygen atoms in total. The summed E-state index contributed by atoms with van der Waals surface area (Å²) in [6, 6.07) is 18.2. The summed E-state index contributed by atoms with van der Waals surface area (Å²) in [5.41, 5.74) is 1.90. The van der Waals surface area contributed by atoms with E-state index in [4.69, 9.17) is 15.3 Å². The first-order chi connectivity index (χ1) is 12.2. The van der Waals surface area contributed by atoms with Crippen LogP contribution in [0.3, 0.4) is 0 Å². The second kappa shape index (κ2) is 7.21. The number of phenolic OH excluding ortho intramolecular Hbond substituents is 1. The maximum absolute atomic E-state index is 9.33. The van der Waals surface area contributed by atoms with Crippen LogP contribution in [-0.4, -0.2) is 5.11 Å². The molecule has 0 spiro atoms. The van der Waals surface area contributed by atoms with Gasteiger partial charge in [0.1, 0.15) is 35.0 Å². The molecule has 0 saturated carbocycles. The molecule has 1 N–H and O–H groups in total. The van der Waals surface area contributed by atoms with Crippen LogP contribution < -0.4 is 4.74 Å². The van der Waals surface area contributed by atoms with E-state index in [1.165, 1.54) is 0 Å². The van der Waals surface area contributed by atoms with E-state index in [0.717, 1.165) is 11.1 Å². The summed E-state index contributed by atoms with van der Waals surface area (Å²) < 4.78 is 5.89. The number of hydrogen-bond acceptors (Lipinski definition) is 4. The minimum atomic E-state index is -0.210. The number of nitriles is 2. The van der Waals surface area contributed by atoms with Crippen LogP contribution in [0.1, 0.15) is 17.0 Å². The number of para-hydroxylation sites is 1. The Balaban J connectivity index is 1.94. The number of ether oxygens (including phenoxy) is 1. The Hall–Kier alpha value is -3.76. The van der Waals surface area contributed by atoms with Gasteiger partial charge >= 0.3 is 0 Å². The fraction of sp³-hybridized carbons (Fsp3) is 0.0476. The maximum atomic E-state index is 9.33. The molecule has 0 bridgehead atoms. The molecule has 25 heavy (non-hydrogen) atoms. The minimum absolute atomic E-state index is 0.0693. The summed E-state index contributed by atoms with van der Waals surface area (Å²) in [7, 11) is 0. The van der Waals surface area contributed by atoms with Gasteiger partial charge in [0.05, 0.1) is 0 Å².